The number of carbonyl (C=O) groups excluding carboxylic acids is 1. The average Bonchev–Trinajstić information content (AvgIpc) is 2.32. The van der Waals surface area contributed by atoms with E-state index in [1.807, 2.05) is 0 Å². The van der Waals surface area contributed by atoms with Gasteiger partial charge in [0.15, 0.2) is 5.78 Å². The number of rotatable bonds is 3. The first-order valence-corrected chi connectivity index (χ1v) is 5.39. The Morgan fingerprint density at radius 3 is 2.83 bits per heavy atom. The van der Waals surface area contributed by atoms with Crippen LogP contribution < -0.4 is 5.56 Å². The van der Waals surface area contributed by atoms with E-state index in [9.17, 15) is 14.0 Å². The molecular weight excluding hydrogens is 235 g/mol. The highest BCUT2D eigenvalue weighted by molar-refractivity contribution is 5.95. The van der Waals surface area contributed by atoms with Crippen molar-refractivity contribution in [2.45, 2.75) is 13.5 Å². The van der Waals surface area contributed by atoms with Crippen molar-refractivity contribution in [3.8, 4) is 0 Å². The second kappa shape index (κ2) is 4.91. The van der Waals surface area contributed by atoms with Gasteiger partial charge in [-0.15, -0.1) is 0 Å². The Morgan fingerprint density at radius 1 is 1.39 bits per heavy atom. The first kappa shape index (κ1) is 12.2. The summed E-state index contributed by atoms with van der Waals surface area (Å²) < 4.78 is 14.0. The van der Waals surface area contributed by atoms with Gasteiger partial charge in [-0.05, 0) is 24.6 Å². The molecule has 0 aliphatic carbocycles. The van der Waals surface area contributed by atoms with Crippen molar-refractivity contribution in [1.29, 1.82) is 0 Å². The predicted molar refractivity (Wildman–Crippen MR) is 64.0 cm³/mol. The predicted octanol–water partition coefficient (Wildman–Crippen LogP) is 1.57. The molecule has 0 saturated carbocycles. The number of hydrogen-bond acceptors (Lipinski definition) is 3. The largest absolute Gasteiger partial charge is 0.292 e. The Morgan fingerprint density at radius 2 is 2.17 bits per heavy atom. The third-order valence-corrected chi connectivity index (χ3v) is 2.45. The summed E-state index contributed by atoms with van der Waals surface area (Å²) in [7, 11) is 0. The SMILES string of the molecule is Cc1cnn(CC(=O)c2cccc(F)c2)c(=O)c1. The van der Waals surface area contributed by atoms with Crippen LogP contribution in [0.25, 0.3) is 0 Å². The molecule has 0 amide bonds. The Kier molecular flexibility index (Phi) is 3.32. The molecule has 0 fully saturated rings. The number of halogens is 1. The number of ketones is 1. The van der Waals surface area contributed by atoms with Crippen molar-refractivity contribution in [2.75, 3.05) is 0 Å². The normalized spacial score (nSPS) is 10.3. The minimum atomic E-state index is -0.481. The van der Waals surface area contributed by atoms with E-state index in [0.29, 0.717) is 0 Å². The first-order chi connectivity index (χ1) is 8.56. The summed E-state index contributed by atoms with van der Waals surface area (Å²) in [5.74, 6) is -0.835. The van der Waals surface area contributed by atoms with Crippen LogP contribution in [0.15, 0.2) is 41.3 Å². The minimum absolute atomic E-state index is 0.192. The van der Waals surface area contributed by atoms with Crippen molar-refractivity contribution in [3.63, 3.8) is 0 Å². The fourth-order valence-corrected chi connectivity index (χ4v) is 1.53. The lowest BCUT2D eigenvalue weighted by Gasteiger charge is -2.04. The van der Waals surface area contributed by atoms with Crippen LogP contribution >= 0.6 is 0 Å². The summed E-state index contributed by atoms with van der Waals surface area (Å²) in [6.45, 7) is 1.55. The molecular formula is C13H11FN2O2. The van der Waals surface area contributed by atoms with E-state index in [0.717, 1.165) is 16.3 Å². The molecule has 2 rings (SSSR count). The van der Waals surface area contributed by atoms with Crippen molar-refractivity contribution < 1.29 is 9.18 Å². The quantitative estimate of drug-likeness (QED) is 0.772. The molecule has 0 radical (unpaired) electrons. The van der Waals surface area contributed by atoms with Crippen LogP contribution in [0.3, 0.4) is 0 Å². The number of aryl methyl sites for hydroxylation is 1. The van der Waals surface area contributed by atoms with Gasteiger partial charge in [0.1, 0.15) is 12.4 Å². The van der Waals surface area contributed by atoms with Gasteiger partial charge in [-0.2, -0.15) is 5.10 Å². The third kappa shape index (κ3) is 2.68. The van der Waals surface area contributed by atoms with Gasteiger partial charge in [-0.1, -0.05) is 12.1 Å². The Balaban J connectivity index is 2.24. The number of hydrogen-bond donors (Lipinski definition) is 0. The molecule has 1 aromatic heterocycles. The third-order valence-electron chi connectivity index (χ3n) is 2.45. The van der Waals surface area contributed by atoms with Crippen LogP contribution in [-0.4, -0.2) is 15.6 Å². The molecule has 0 aliphatic rings. The fourth-order valence-electron chi connectivity index (χ4n) is 1.53. The van der Waals surface area contributed by atoms with Crippen molar-refractivity contribution in [1.82, 2.24) is 9.78 Å². The van der Waals surface area contributed by atoms with E-state index < -0.39 is 5.82 Å². The minimum Gasteiger partial charge on any atom is -0.292 e. The maximum atomic E-state index is 13.0. The molecule has 0 spiro atoms. The number of benzene rings is 1. The van der Waals surface area contributed by atoms with Crippen LogP contribution in [-0.2, 0) is 6.54 Å². The molecule has 0 aliphatic heterocycles. The van der Waals surface area contributed by atoms with Gasteiger partial charge in [0.25, 0.3) is 5.56 Å². The second-order valence-electron chi connectivity index (χ2n) is 3.96. The Hall–Kier alpha value is -2.30. The summed E-state index contributed by atoms with van der Waals surface area (Å²) in [5.41, 5.74) is 0.610. The van der Waals surface area contributed by atoms with Gasteiger partial charge in [-0.3, -0.25) is 9.59 Å². The van der Waals surface area contributed by atoms with Gasteiger partial charge in [0, 0.05) is 11.6 Å². The highest BCUT2D eigenvalue weighted by Crippen LogP contribution is 2.05. The molecule has 18 heavy (non-hydrogen) atoms. The standard InChI is InChI=1S/C13H11FN2O2/c1-9-5-13(18)16(15-7-9)8-12(17)10-3-2-4-11(14)6-10/h2-7H,8H2,1H3. The van der Waals surface area contributed by atoms with Crippen molar-refractivity contribution in [3.05, 3.63) is 63.8 Å². The summed E-state index contributed by atoms with van der Waals surface area (Å²) >= 11 is 0. The van der Waals surface area contributed by atoms with Crippen LogP contribution in [0, 0.1) is 12.7 Å². The number of Topliss-reactive ketones (excluding diaryl/α,β-unsaturated/α-hetero) is 1. The van der Waals surface area contributed by atoms with Gasteiger partial charge < -0.3 is 0 Å². The van der Waals surface area contributed by atoms with E-state index in [4.69, 9.17) is 0 Å². The van der Waals surface area contributed by atoms with E-state index >= 15 is 0 Å². The lowest BCUT2D eigenvalue weighted by Crippen LogP contribution is -2.26. The number of carbonyl (C=O) groups is 1. The highest BCUT2D eigenvalue weighted by atomic mass is 19.1. The molecule has 1 heterocycles. The molecule has 0 saturated heterocycles. The second-order valence-corrected chi connectivity index (χ2v) is 3.96. The number of aromatic nitrogens is 2. The molecule has 92 valence electrons. The highest BCUT2D eigenvalue weighted by Gasteiger charge is 2.09. The van der Waals surface area contributed by atoms with E-state index in [1.165, 1.54) is 30.5 Å². The van der Waals surface area contributed by atoms with Crippen LogP contribution in [0.4, 0.5) is 4.39 Å². The maximum absolute atomic E-state index is 13.0. The van der Waals surface area contributed by atoms with Crippen LogP contribution in [0.1, 0.15) is 15.9 Å². The van der Waals surface area contributed by atoms with Gasteiger partial charge in [-0.25, -0.2) is 9.07 Å². The Labute approximate surface area is 103 Å². The van der Waals surface area contributed by atoms with Crippen LogP contribution in [0.5, 0.6) is 0 Å². The molecule has 2 aromatic rings. The van der Waals surface area contributed by atoms with E-state index in [-0.39, 0.29) is 23.5 Å². The first-order valence-electron chi connectivity index (χ1n) is 5.39. The molecule has 0 atom stereocenters. The van der Waals surface area contributed by atoms with E-state index in [2.05, 4.69) is 5.10 Å². The van der Waals surface area contributed by atoms with Crippen molar-refractivity contribution in [2.24, 2.45) is 0 Å². The molecule has 1 aromatic carbocycles. The zero-order valence-corrected chi connectivity index (χ0v) is 9.76. The van der Waals surface area contributed by atoms with Crippen molar-refractivity contribution >= 4 is 5.78 Å². The zero-order valence-electron chi connectivity index (χ0n) is 9.76. The summed E-state index contributed by atoms with van der Waals surface area (Å²) in [5, 5.41) is 3.86. The lowest BCUT2D eigenvalue weighted by atomic mass is 10.1. The van der Waals surface area contributed by atoms with Crippen LogP contribution in [0.2, 0.25) is 0 Å². The van der Waals surface area contributed by atoms with E-state index in [1.54, 1.807) is 6.92 Å². The molecule has 0 N–H and O–H groups in total. The van der Waals surface area contributed by atoms with Gasteiger partial charge in [0.2, 0.25) is 0 Å². The smallest absolute Gasteiger partial charge is 0.267 e. The monoisotopic (exact) mass is 246 g/mol. The zero-order chi connectivity index (χ0) is 13.1. The number of nitrogens with zero attached hydrogens (tertiary/aromatic N) is 2. The maximum Gasteiger partial charge on any atom is 0.267 e. The molecule has 4 nitrogen and oxygen atoms in total. The van der Waals surface area contributed by atoms with Gasteiger partial charge in [0.05, 0.1) is 6.20 Å². The average molecular weight is 246 g/mol. The summed E-state index contributed by atoms with van der Waals surface area (Å²) in [6, 6.07) is 6.75. The summed E-state index contributed by atoms with van der Waals surface area (Å²) in [6.07, 6.45) is 1.50. The molecule has 0 bridgehead atoms. The molecule has 0 unspecified atom stereocenters. The van der Waals surface area contributed by atoms with Gasteiger partial charge >= 0.3 is 0 Å². The Bertz CT molecular complexity index is 649. The molecule has 5 heteroatoms. The fraction of sp³-hybridized carbons (Fsp3) is 0.154. The lowest BCUT2D eigenvalue weighted by molar-refractivity contribution is 0.0965. The topological polar surface area (TPSA) is 52.0 Å². The summed E-state index contributed by atoms with van der Waals surface area (Å²) in [4.78, 5) is 23.4.